The maximum Gasteiger partial charge on any atom is 0.188 e. The highest BCUT2D eigenvalue weighted by Gasteiger charge is 2.14. The fourth-order valence-electron chi connectivity index (χ4n) is 1.64. The van der Waals surface area contributed by atoms with E-state index in [1.807, 2.05) is 0 Å². The van der Waals surface area contributed by atoms with Crippen LogP contribution in [-0.4, -0.2) is 45.5 Å². The SMILES string of the molecule is CCCN=C(N)NCCCOCC1CCOC1. The predicted molar refractivity (Wildman–Crippen MR) is 69.1 cm³/mol. The van der Waals surface area contributed by atoms with Crippen molar-refractivity contribution in [2.75, 3.05) is 39.5 Å². The van der Waals surface area contributed by atoms with Crippen molar-refractivity contribution in [2.24, 2.45) is 16.6 Å². The molecule has 0 spiro atoms. The van der Waals surface area contributed by atoms with Gasteiger partial charge in [0.25, 0.3) is 0 Å². The average molecular weight is 243 g/mol. The molecule has 0 aromatic heterocycles. The van der Waals surface area contributed by atoms with Crippen molar-refractivity contribution >= 4 is 5.96 Å². The average Bonchev–Trinajstić information content (AvgIpc) is 2.84. The van der Waals surface area contributed by atoms with E-state index in [9.17, 15) is 0 Å². The van der Waals surface area contributed by atoms with Gasteiger partial charge >= 0.3 is 0 Å². The van der Waals surface area contributed by atoms with E-state index in [0.717, 1.165) is 58.8 Å². The fourth-order valence-corrected chi connectivity index (χ4v) is 1.64. The minimum atomic E-state index is 0.538. The molecule has 0 amide bonds. The van der Waals surface area contributed by atoms with Crippen molar-refractivity contribution in [2.45, 2.75) is 26.2 Å². The minimum Gasteiger partial charge on any atom is -0.381 e. The molecule has 1 fully saturated rings. The Hall–Kier alpha value is -0.810. The first-order valence-electron chi connectivity index (χ1n) is 6.52. The molecule has 5 heteroatoms. The molecule has 1 aliphatic rings. The quantitative estimate of drug-likeness (QED) is 0.375. The summed E-state index contributed by atoms with van der Waals surface area (Å²) in [5.74, 6) is 1.13. The number of nitrogens with two attached hydrogens (primary N) is 1. The number of rotatable bonds is 8. The molecule has 1 unspecified atom stereocenters. The summed E-state index contributed by atoms with van der Waals surface area (Å²) < 4.78 is 10.9. The highest BCUT2D eigenvalue weighted by molar-refractivity contribution is 5.77. The van der Waals surface area contributed by atoms with Crippen LogP contribution >= 0.6 is 0 Å². The summed E-state index contributed by atoms with van der Waals surface area (Å²) in [4.78, 5) is 4.15. The van der Waals surface area contributed by atoms with E-state index in [4.69, 9.17) is 15.2 Å². The zero-order valence-corrected chi connectivity index (χ0v) is 10.8. The molecule has 1 saturated heterocycles. The number of guanidine groups is 1. The van der Waals surface area contributed by atoms with Crippen molar-refractivity contribution in [3.63, 3.8) is 0 Å². The Balaban J connectivity index is 1.86. The molecule has 0 saturated carbocycles. The van der Waals surface area contributed by atoms with Gasteiger partial charge in [-0.1, -0.05) is 6.92 Å². The molecule has 0 aromatic carbocycles. The zero-order chi connectivity index (χ0) is 12.3. The van der Waals surface area contributed by atoms with E-state index in [1.165, 1.54) is 0 Å². The van der Waals surface area contributed by atoms with E-state index in [2.05, 4.69) is 17.2 Å². The molecular formula is C12H25N3O2. The number of aliphatic imine (C=N–C) groups is 1. The number of ether oxygens (including phenoxy) is 2. The van der Waals surface area contributed by atoms with E-state index < -0.39 is 0 Å². The second-order valence-electron chi connectivity index (χ2n) is 4.35. The lowest BCUT2D eigenvalue weighted by Gasteiger charge is -2.09. The summed E-state index contributed by atoms with van der Waals surface area (Å²) in [6.07, 6.45) is 3.11. The van der Waals surface area contributed by atoms with Gasteiger partial charge in [0.05, 0.1) is 13.2 Å². The fraction of sp³-hybridized carbons (Fsp3) is 0.917. The first kappa shape index (κ1) is 14.3. The zero-order valence-electron chi connectivity index (χ0n) is 10.8. The molecule has 1 heterocycles. The standard InChI is InChI=1S/C12H25N3O2/c1-2-5-14-12(13)15-6-3-7-16-9-11-4-8-17-10-11/h11H,2-10H2,1H3,(H3,13,14,15). The van der Waals surface area contributed by atoms with E-state index in [0.29, 0.717) is 11.9 Å². The largest absolute Gasteiger partial charge is 0.381 e. The molecule has 0 bridgehead atoms. The highest BCUT2D eigenvalue weighted by atomic mass is 16.5. The molecule has 1 rings (SSSR count). The van der Waals surface area contributed by atoms with Crippen LogP contribution in [0.15, 0.2) is 4.99 Å². The van der Waals surface area contributed by atoms with Gasteiger partial charge in [0.15, 0.2) is 5.96 Å². The van der Waals surface area contributed by atoms with Gasteiger partial charge in [-0.05, 0) is 19.3 Å². The topological polar surface area (TPSA) is 68.9 Å². The predicted octanol–water partition coefficient (Wildman–Crippen LogP) is 0.744. The molecule has 0 aromatic rings. The van der Waals surface area contributed by atoms with Crippen LogP contribution in [0.25, 0.3) is 0 Å². The van der Waals surface area contributed by atoms with Crippen LogP contribution in [-0.2, 0) is 9.47 Å². The van der Waals surface area contributed by atoms with Crippen LogP contribution in [0.1, 0.15) is 26.2 Å². The number of hydrogen-bond acceptors (Lipinski definition) is 3. The molecule has 0 aliphatic carbocycles. The van der Waals surface area contributed by atoms with Crippen molar-refractivity contribution in [1.29, 1.82) is 0 Å². The second kappa shape index (κ2) is 9.24. The third-order valence-corrected chi connectivity index (χ3v) is 2.65. The molecule has 1 atom stereocenters. The lowest BCUT2D eigenvalue weighted by atomic mass is 10.1. The van der Waals surface area contributed by atoms with Crippen LogP contribution < -0.4 is 11.1 Å². The molecule has 5 nitrogen and oxygen atoms in total. The van der Waals surface area contributed by atoms with Gasteiger partial charge in [-0.3, -0.25) is 4.99 Å². The van der Waals surface area contributed by atoms with Gasteiger partial charge < -0.3 is 20.5 Å². The minimum absolute atomic E-state index is 0.538. The maximum absolute atomic E-state index is 5.66. The van der Waals surface area contributed by atoms with Crippen LogP contribution in [0.4, 0.5) is 0 Å². The molecule has 100 valence electrons. The molecule has 0 radical (unpaired) electrons. The number of nitrogens with zero attached hydrogens (tertiary/aromatic N) is 1. The summed E-state index contributed by atoms with van der Waals surface area (Å²) >= 11 is 0. The Morgan fingerprint density at radius 2 is 2.47 bits per heavy atom. The van der Waals surface area contributed by atoms with Crippen molar-refractivity contribution in [3.8, 4) is 0 Å². The van der Waals surface area contributed by atoms with Crippen LogP contribution in [0.2, 0.25) is 0 Å². The Bertz CT molecular complexity index is 216. The van der Waals surface area contributed by atoms with Gasteiger partial charge in [0, 0.05) is 32.2 Å². The van der Waals surface area contributed by atoms with E-state index >= 15 is 0 Å². The maximum atomic E-state index is 5.66. The summed E-state index contributed by atoms with van der Waals surface area (Å²) in [5, 5.41) is 3.07. The first-order valence-corrected chi connectivity index (χ1v) is 6.52. The molecule has 3 N–H and O–H groups in total. The van der Waals surface area contributed by atoms with Gasteiger partial charge in [0.2, 0.25) is 0 Å². The van der Waals surface area contributed by atoms with Crippen molar-refractivity contribution in [1.82, 2.24) is 5.32 Å². The summed E-state index contributed by atoms with van der Waals surface area (Å²) in [5.41, 5.74) is 5.66. The van der Waals surface area contributed by atoms with Crippen LogP contribution in [0.3, 0.4) is 0 Å². The lowest BCUT2D eigenvalue weighted by Crippen LogP contribution is -2.33. The van der Waals surface area contributed by atoms with Gasteiger partial charge in [0.1, 0.15) is 0 Å². The highest BCUT2D eigenvalue weighted by Crippen LogP contribution is 2.12. The van der Waals surface area contributed by atoms with Crippen molar-refractivity contribution in [3.05, 3.63) is 0 Å². The normalized spacial score (nSPS) is 20.8. The first-order chi connectivity index (χ1) is 8.33. The van der Waals surface area contributed by atoms with Gasteiger partial charge in [-0.2, -0.15) is 0 Å². The molecular weight excluding hydrogens is 218 g/mol. The monoisotopic (exact) mass is 243 g/mol. The summed E-state index contributed by atoms with van der Waals surface area (Å²) in [6, 6.07) is 0. The van der Waals surface area contributed by atoms with Gasteiger partial charge in [-0.15, -0.1) is 0 Å². The number of nitrogens with one attached hydrogen (secondary N) is 1. The second-order valence-corrected chi connectivity index (χ2v) is 4.35. The molecule has 1 aliphatic heterocycles. The van der Waals surface area contributed by atoms with Crippen molar-refractivity contribution < 1.29 is 9.47 Å². The summed E-state index contributed by atoms with van der Waals surface area (Å²) in [7, 11) is 0. The lowest BCUT2D eigenvalue weighted by molar-refractivity contribution is 0.0888. The third-order valence-electron chi connectivity index (χ3n) is 2.65. The summed E-state index contributed by atoms with van der Waals surface area (Å²) in [6.45, 7) is 7.02. The third kappa shape index (κ3) is 7.18. The Morgan fingerprint density at radius 3 is 3.18 bits per heavy atom. The smallest absolute Gasteiger partial charge is 0.188 e. The van der Waals surface area contributed by atoms with Crippen LogP contribution in [0.5, 0.6) is 0 Å². The van der Waals surface area contributed by atoms with Gasteiger partial charge in [-0.25, -0.2) is 0 Å². The Kier molecular flexibility index (Phi) is 7.75. The van der Waals surface area contributed by atoms with E-state index in [1.54, 1.807) is 0 Å². The number of hydrogen-bond donors (Lipinski definition) is 2. The van der Waals surface area contributed by atoms with Crippen LogP contribution in [0, 0.1) is 5.92 Å². The Labute approximate surface area is 104 Å². The van der Waals surface area contributed by atoms with E-state index in [-0.39, 0.29) is 0 Å². The Morgan fingerprint density at radius 1 is 1.59 bits per heavy atom. The molecule has 17 heavy (non-hydrogen) atoms.